The number of nitrogens with zero attached hydrogens (tertiary/aromatic N) is 2. The Kier molecular flexibility index (Phi) is 11.5. The molecule has 11 heteroatoms. The molecule has 2 amide bonds. The number of benzene rings is 3. The first-order valence-electron chi connectivity index (χ1n) is 13.3. The van der Waals surface area contributed by atoms with Crippen LogP contribution in [-0.2, 0) is 26.2 Å². The molecule has 0 aromatic heterocycles. The lowest BCUT2D eigenvalue weighted by Crippen LogP contribution is -2.53. The van der Waals surface area contributed by atoms with Gasteiger partial charge in [-0.15, -0.1) is 0 Å². The molecule has 0 saturated heterocycles. The van der Waals surface area contributed by atoms with Gasteiger partial charge in [-0.1, -0.05) is 79.0 Å². The van der Waals surface area contributed by atoms with Gasteiger partial charge < -0.3 is 10.2 Å². The van der Waals surface area contributed by atoms with Crippen LogP contribution in [0.1, 0.15) is 44.7 Å². The van der Waals surface area contributed by atoms with Crippen LogP contribution >= 0.6 is 34.8 Å². The van der Waals surface area contributed by atoms with Crippen molar-refractivity contribution in [2.45, 2.75) is 64.1 Å². The van der Waals surface area contributed by atoms with Gasteiger partial charge in [0.2, 0.25) is 11.8 Å². The van der Waals surface area contributed by atoms with Gasteiger partial charge in [-0.2, -0.15) is 0 Å². The van der Waals surface area contributed by atoms with Crippen LogP contribution in [0.15, 0.2) is 71.6 Å². The van der Waals surface area contributed by atoms with Gasteiger partial charge in [-0.3, -0.25) is 13.9 Å². The fourth-order valence-corrected chi connectivity index (χ4v) is 6.28. The second kappa shape index (κ2) is 14.4. The third-order valence-corrected chi connectivity index (χ3v) is 9.76. The summed E-state index contributed by atoms with van der Waals surface area (Å²) >= 11 is 18.7. The Morgan fingerprint density at radius 2 is 1.56 bits per heavy atom. The molecule has 0 bridgehead atoms. The number of carbonyl (C=O) groups excluding carboxylic acids is 2. The van der Waals surface area contributed by atoms with Gasteiger partial charge in [0.05, 0.1) is 20.6 Å². The van der Waals surface area contributed by atoms with E-state index in [0.29, 0.717) is 39.0 Å². The topological polar surface area (TPSA) is 86.8 Å². The van der Waals surface area contributed by atoms with Crippen molar-refractivity contribution in [3.63, 3.8) is 0 Å². The molecule has 0 aliphatic carbocycles. The van der Waals surface area contributed by atoms with Crippen molar-refractivity contribution in [2.75, 3.05) is 10.8 Å². The molecule has 3 rings (SSSR count). The molecule has 0 fully saturated rings. The minimum atomic E-state index is -4.19. The first-order chi connectivity index (χ1) is 19.4. The monoisotopic (exact) mass is 637 g/mol. The van der Waals surface area contributed by atoms with Gasteiger partial charge in [0.15, 0.2) is 0 Å². The summed E-state index contributed by atoms with van der Waals surface area (Å²) in [6, 6.07) is 16.7. The molecule has 0 aliphatic rings. The number of amides is 2. The van der Waals surface area contributed by atoms with E-state index in [4.69, 9.17) is 34.8 Å². The molecule has 0 aliphatic heterocycles. The number of halogens is 3. The average Bonchev–Trinajstić information content (AvgIpc) is 2.95. The van der Waals surface area contributed by atoms with E-state index >= 15 is 0 Å². The predicted octanol–water partition coefficient (Wildman–Crippen LogP) is 6.87. The van der Waals surface area contributed by atoms with Gasteiger partial charge in [-0.25, -0.2) is 8.42 Å². The van der Waals surface area contributed by atoms with Crippen LogP contribution in [0.5, 0.6) is 0 Å². The highest BCUT2D eigenvalue weighted by Crippen LogP contribution is 2.31. The van der Waals surface area contributed by atoms with E-state index in [1.165, 1.54) is 17.0 Å². The first kappa shape index (κ1) is 32.7. The maximum atomic E-state index is 14.2. The third kappa shape index (κ3) is 7.95. The quantitative estimate of drug-likeness (QED) is 0.235. The Labute approximate surface area is 257 Å². The normalized spacial score (nSPS) is 12.9. The Balaban J connectivity index is 2.11. The van der Waals surface area contributed by atoms with Crippen LogP contribution in [-0.4, -0.2) is 43.8 Å². The maximum Gasteiger partial charge on any atom is 0.264 e. The second-order valence-corrected chi connectivity index (χ2v) is 12.8. The average molecular weight is 639 g/mol. The molecule has 3 aromatic rings. The minimum Gasteiger partial charge on any atom is -0.352 e. The van der Waals surface area contributed by atoms with E-state index in [-0.39, 0.29) is 29.1 Å². The number of anilines is 1. The van der Waals surface area contributed by atoms with Crippen molar-refractivity contribution in [3.8, 4) is 0 Å². The first-order valence-corrected chi connectivity index (χ1v) is 15.8. The van der Waals surface area contributed by atoms with E-state index < -0.39 is 28.5 Å². The third-order valence-electron chi connectivity index (χ3n) is 6.84. The largest absolute Gasteiger partial charge is 0.352 e. The summed E-state index contributed by atoms with van der Waals surface area (Å²) in [5, 5.41) is 3.96. The van der Waals surface area contributed by atoms with E-state index in [1.807, 2.05) is 13.8 Å². The Morgan fingerprint density at radius 1 is 0.878 bits per heavy atom. The molecule has 3 aromatic carbocycles. The predicted molar refractivity (Wildman–Crippen MR) is 166 cm³/mol. The van der Waals surface area contributed by atoms with Crippen LogP contribution in [0.25, 0.3) is 0 Å². The summed E-state index contributed by atoms with van der Waals surface area (Å²) in [5.41, 5.74) is 1.40. The highest BCUT2D eigenvalue weighted by molar-refractivity contribution is 7.92. The minimum absolute atomic E-state index is 0.00983. The summed E-state index contributed by atoms with van der Waals surface area (Å²) in [6.45, 7) is 6.77. The molecular weight excluding hydrogens is 605 g/mol. The van der Waals surface area contributed by atoms with Crippen LogP contribution in [0.2, 0.25) is 15.1 Å². The zero-order chi connectivity index (χ0) is 30.3. The number of hydrogen-bond donors (Lipinski definition) is 1. The molecule has 7 nitrogen and oxygen atoms in total. The van der Waals surface area contributed by atoms with Gasteiger partial charge in [-0.05, 0) is 74.2 Å². The number of hydrogen-bond acceptors (Lipinski definition) is 4. The molecule has 0 spiro atoms. The molecule has 0 radical (unpaired) electrons. The van der Waals surface area contributed by atoms with Crippen molar-refractivity contribution in [2.24, 2.45) is 0 Å². The Bertz CT molecular complexity index is 1490. The SMILES string of the molecule is CCC(C)NC(=O)C(CC)N(Cc1ccc(Cl)c(Cl)c1)C(=O)CN(c1cccc(Cl)c1C)S(=O)(=O)c1ccccc1. The van der Waals surface area contributed by atoms with Gasteiger partial charge in [0, 0.05) is 17.6 Å². The zero-order valence-corrected chi connectivity index (χ0v) is 26.5. The fourth-order valence-electron chi connectivity index (χ4n) is 4.29. The summed E-state index contributed by atoms with van der Waals surface area (Å²) in [4.78, 5) is 28.9. The highest BCUT2D eigenvalue weighted by Gasteiger charge is 2.34. The van der Waals surface area contributed by atoms with Crippen molar-refractivity contribution in [1.29, 1.82) is 0 Å². The van der Waals surface area contributed by atoms with E-state index in [9.17, 15) is 18.0 Å². The van der Waals surface area contributed by atoms with E-state index in [2.05, 4.69) is 5.32 Å². The fraction of sp³-hybridized carbons (Fsp3) is 0.333. The summed E-state index contributed by atoms with van der Waals surface area (Å²) in [6.07, 6.45) is 1.01. The number of nitrogens with one attached hydrogen (secondary N) is 1. The smallest absolute Gasteiger partial charge is 0.264 e. The Hall–Kier alpha value is -2.78. The van der Waals surface area contributed by atoms with Crippen LogP contribution in [0.3, 0.4) is 0 Å². The zero-order valence-electron chi connectivity index (χ0n) is 23.4. The lowest BCUT2D eigenvalue weighted by Gasteiger charge is -2.34. The molecule has 41 heavy (non-hydrogen) atoms. The number of sulfonamides is 1. The summed E-state index contributed by atoms with van der Waals surface area (Å²) < 4.78 is 29.0. The standard InChI is InChI=1S/C30H34Cl3N3O4S/c1-5-20(3)34-30(38)27(6-2)35(18-22-15-16-25(32)26(33)17-22)29(37)19-36(28-14-10-13-24(31)21(28)4)41(39,40)23-11-8-7-9-12-23/h7-17,20,27H,5-6,18-19H2,1-4H3,(H,34,38). The molecule has 1 N–H and O–H groups in total. The molecule has 220 valence electrons. The highest BCUT2D eigenvalue weighted by atomic mass is 35.5. The van der Waals surface area contributed by atoms with Gasteiger partial charge >= 0.3 is 0 Å². The second-order valence-electron chi connectivity index (χ2n) is 9.72. The number of rotatable bonds is 12. The summed E-state index contributed by atoms with van der Waals surface area (Å²) in [5.74, 6) is -0.896. The molecular formula is C30H34Cl3N3O4S. The Morgan fingerprint density at radius 3 is 2.17 bits per heavy atom. The van der Waals surface area contributed by atoms with E-state index in [0.717, 1.165) is 4.31 Å². The molecule has 2 atom stereocenters. The van der Waals surface area contributed by atoms with Crippen molar-refractivity contribution in [1.82, 2.24) is 10.2 Å². The van der Waals surface area contributed by atoms with Gasteiger partial charge in [0.1, 0.15) is 12.6 Å². The van der Waals surface area contributed by atoms with Crippen molar-refractivity contribution in [3.05, 3.63) is 92.9 Å². The number of carbonyl (C=O) groups is 2. The van der Waals surface area contributed by atoms with E-state index in [1.54, 1.807) is 68.4 Å². The lowest BCUT2D eigenvalue weighted by atomic mass is 10.1. The molecule has 0 heterocycles. The lowest BCUT2D eigenvalue weighted by molar-refractivity contribution is -0.140. The summed E-state index contributed by atoms with van der Waals surface area (Å²) in [7, 11) is -4.19. The molecule has 0 saturated carbocycles. The maximum absolute atomic E-state index is 14.2. The van der Waals surface area contributed by atoms with Crippen molar-refractivity contribution >= 4 is 62.3 Å². The van der Waals surface area contributed by atoms with Gasteiger partial charge in [0.25, 0.3) is 10.0 Å². The van der Waals surface area contributed by atoms with Crippen LogP contribution < -0.4 is 9.62 Å². The van der Waals surface area contributed by atoms with Crippen molar-refractivity contribution < 1.29 is 18.0 Å². The van der Waals surface area contributed by atoms with Crippen LogP contribution in [0, 0.1) is 6.92 Å². The molecule has 2 unspecified atom stereocenters. The van der Waals surface area contributed by atoms with Crippen LogP contribution in [0.4, 0.5) is 5.69 Å².